The number of anilines is 2. The van der Waals surface area contributed by atoms with Crippen LogP contribution in [-0.2, 0) is 14.8 Å². The fourth-order valence-corrected chi connectivity index (χ4v) is 3.77. The van der Waals surface area contributed by atoms with Gasteiger partial charge >= 0.3 is 5.97 Å². The Balaban J connectivity index is 2.14. The van der Waals surface area contributed by atoms with Crippen LogP contribution in [0.5, 0.6) is 0 Å². The van der Waals surface area contributed by atoms with Gasteiger partial charge in [0.15, 0.2) is 0 Å². The molecule has 11 nitrogen and oxygen atoms in total. The fraction of sp³-hybridized carbons (Fsp3) is 0.263. The van der Waals surface area contributed by atoms with E-state index in [4.69, 9.17) is 17.2 Å². The lowest BCUT2D eigenvalue weighted by Gasteiger charge is -2.17. The van der Waals surface area contributed by atoms with E-state index < -0.39 is 34.2 Å². The Morgan fingerprint density at radius 2 is 1.68 bits per heavy atom. The van der Waals surface area contributed by atoms with Crippen molar-refractivity contribution in [2.75, 3.05) is 17.0 Å². The van der Waals surface area contributed by atoms with Crippen LogP contribution in [0.1, 0.15) is 23.2 Å². The Kier molecular flexibility index (Phi) is 8.33. The predicted octanol–water partition coefficient (Wildman–Crippen LogP) is -0.177. The van der Waals surface area contributed by atoms with Crippen LogP contribution in [0.25, 0.3) is 0 Å². The molecule has 1 atom stereocenters. The second-order valence-electron chi connectivity index (χ2n) is 6.71. The summed E-state index contributed by atoms with van der Waals surface area (Å²) >= 11 is 0. The summed E-state index contributed by atoms with van der Waals surface area (Å²) in [5, 5.41) is 14.6. The molecule has 0 aliphatic heterocycles. The highest BCUT2D eigenvalue weighted by molar-refractivity contribution is 7.92. The lowest BCUT2D eigenvalue weighted by atomic mass is 10.1. The van der Waals surface area contributed by atoms with Gasteiger partial charge in [0.05, 0.1) is 16.1 Å². The Morgan fingerprint density at radius 3 is 2.29 bits per heavy atom. The third kappa shape index (κ3) is 7.22. The average molecular weight is 451 g/mol. The SMILES string of the molecule is Nc1ccc(S(=O)(=O)Nc2ccccc2C(=O)N[C@@H](CCCNC(N)N)C(=O)O)cc1. The van der Waals surface area contributed by atoms with Crippen molar-refractivity contribution >= 4 is 33.3 Å². The first-order valence-corrected chi connectivity index (χ1v) is 10.8. The summed E-state index contributed by atoms with van der Waals surface area (Å²) in [5.74, 6) is -1.95. The zero-order valence-corrected chi connectivity index (χ0v) is 17.4. The summed E-state index contributed by atoms with van der Waals surface area (Å²) in [6.07, 6.45) is -0.202. The number of carbonyl (C=O) groups is 2. The Labute approximate surface area is 180 Å². The number of carboxylic acid groups (broad SMARTS) is 1. The molecule has 0 unspecified atom stereocenters. The normalized spacial score (nSPS) is 12.4. The molecule has 2 aromatic rings. The minimum Gasteiger partial charge on any atom is -0.480 e. The second kappa shape index (κ2) is 10.7. The van der Waals surface area contributed by atoms with Crippen molar-refractivity contribution in [3.8, 4) is 0 Å². The van der Waals surface area contributed by atoms with E-state index in [1.807, 2.05) is 0 Å². The minimum atomic E-state index is -3.99. The number of rotatable bonds is 11. The quantitative estimate of drug-likeness (QED) is 0.138. The van der Waals surface area contributed by atoms with Crippen LogP contribution in [0.3, 0.4) is 0 Å². The molecule has 1 amide bonds. The summed E-state index contributed by atoms with van der Waals surface area (Å²) in [6.45, 7) is 0.370. The van der Waals surface area contributed by atoms with Gasteiger partial charge in [-0.05, 0) is 55.8 Å². The van der Waals surface area contributed by atoms with Crippen molar-refractivity contribution in [3.05, 3.63) is 54.1 Å². The molecular formula is C19H26N6O5S. The van der Waals surface area contributed by atoms with Crippen LogP contribution in [0, 0.1) is 0 Å². The standard InChI is InChI=1S/C19H26N6O5S/c20-12-7-9-13(10-8-12)31(29,30)25-15-5-2-1-4-14(15)17(26)24-16(18(27)28)6-3-11-23-19(21)22/h1-2,4-5,7-10,16,19,23,25H,3,6,11,20-22H2,(H,24,26)(H,27,28)/t16-/m0/s1. The van der Waals surface area contributed by atoms with Gasteiger partial charge in [0.25, 0.3) is 15.9 Å². The van der Waals surface area contributed by atoms with Crippen molar-refractivity contribution in [1.82, 2.24) is 10.6 Å². The van der Waals surface area contributed by atoms with Crippen molar-refractivity contribution in [2.45, 2.75) is 30.1 Å². The summed E-state index contributed by atoms with van der Waals surface area (Å²) < 4.78 is 27.6. The van der Waals surface area contributed by atoms with Gasteiger partial charge in [0.2, 0.25) is 0 Å². The molecule has 0 radical (unpaired) electrons. The fourth-order valence-electron chi connectivity index (χ4n) is 2.69. The molecule has 10 N–H and O–H groups in total. The number of sulfonamides is 1. The van der Waals surface area contributed by atoms with E-state index in [9.17, 15) is 23.1 Å². The van der Waals surface area contributed by atoms with Crippen LogP contribution >= 0.6 is 0 Å². The Morgan fingerprint density at radius 1 is 1.03 bits per heavy atom. The van der Waals surface area contributed by atoms with Gasteiger partial charge in [0, 0.05) is 5.69 Å². The van der Waals surface area contributed by atoms with Gasteiger partial charge in [-0.1, -0.05) is 12.1 Å². The molecule has 12 heteroatoms. The van der Waals surface area contributed by atoms with E-state index in [1.54, 1.807) is 6.07 Å². The third-order valence-electron chi connectivity index (χ3n) is 4.26. The van der Waals surface area contributed by atoms with Crippen LogP contribution in [0.2, 0.25) is 0 Å². The van der Waals surface area contributed by atoms with E-state index in [1.165, 1.54) is 42.5 Å². The molecule has 0 aliphatic carbocycles. The molecule has 31 heavy (non-hydrogen) atoms. The number of aliphatic carboxylic acids is 1. The molecule has 2 rings (SSSR count). The first kappa shape index (κ1) is 24.1. The van der Waals surface area contributed by atoms with E-state index in [2.05, 4.69) is 15.4 Å². The lowest BCUT2D eigenvalue weighted by molar-refractivity contribution is -0.139. The third-order valence-corrected chi connectivity index (χ3v) is 5.64. The Bertz CT molecular complexity index is 1010. The summed E-state index contributed by atoms with van der Waals surface area (Å²) in [6, 6.07) is 10.3. The molecule has 0 saturated carbocycles. The van der Waals surface area contributed by atoms with Crippen molar-refractivity contribution < 1.29 is 23.1 Å². The molecule has 0 fully saturated rings. The maximum absolute atomic E-state index is 12.7. The number of nitrogen functional groups attached to an aromatic ring is 1. The molecule has 168 valence electrons. The smallest absolute Gasteiger partial charge is 0.326 e. The number of carboxylic acids is 1. The van der Waals surface area contributed by atoms with Crippen molar-refractivity contribution in [1.29, 1.82) is 0 Å². The second-order valence-corrected chi connectivity index (χ2v) is 8.39. The van der Waals surface area contributed by atoms with E-state index >= 15 is 0 Å². The number of para-hydroxylation sites is 1. The molecule has 0 spiro atoms. The molecule has 0 aromatic heterocycles. The maximum atomic E-state index is 12.7. The number of amides is 1. The highest BCUT2D eigenvalue weighted by Crippen LogP contribution is 2.21. The predicted molar refractivity (Wildman–Crippen MR) is 116 cm³/mol. The maximum Gasteiger partial charge on any atom is 0.326 e. The number of benzene rings is 2. The van der Waals surface area contributed by atoms with Gasteiger partial charge < -0.3 is 27.6 Å². The van der Waals surface area contributed by atoms with Gasteiger partial charge in [-0.25, -0.2) is 13.2 Å². The minimum absolute atomic E-state index is 0.0109. The molecular weight excluding hydrogens is 424 g/mol. The Hall–Kier alpha value is -3.19. The lowest BCUT2D eigenvalue weighted by Crippen LogP contribution is -2.46. The van der Waals surface area contributed by atoms with E-state index in [-0.39, 0.29) is 22.6 Å². The first-order valence-electron chi connectivity index (χ1n) is 9.36. The molecule has 0 bridgehead atoms. The van der Waals surface area contributed by atoms with E-state index in [0.29, 0.717) is 18.7 Å². The van der Waals surface area contributed by atoms with Gasteiger partial charge in [-0.15, -0.1) is 0 Å². The number of hydrogen-bond acceptors (Lipinski definition) is 8. The highest BCUT2D eigenvalue weighted by Gasteiger charge is 2.23. The molecule has 2 aromatic carbocycles. The van der Waals surface area contributed by atoms with Crippen LogP contribution in [0.15, 0.2) is 53.4 Å². The van der Waals surface area contributed by atoms with Gasteiger partial charge in [-0.2, -0.15) is 0 Å². The number of carbonyl (C=O) groups excluding carboxylic acids is 1. The summed E-state index contributed by atoms with van der Waals surface area (Å²) in [4.78, 5) is 24.2. The number of nitrogens with two attached hydrogens (primary N) is 3. The number of hydrogen-bond donors (Lipinski definition) is 7. The summed E-state index contributed by atoms with van der Waals surface area (Å²) in [5.41, 5.74) is 16.7. The van der Waals surface area contributed by atoms with Crippen LogP contribution < -0.4 is 32.6 Å². The van der Waals surface area contributed by atoms with E-state index in [0.717, 1.165) is 0 Å². The van der Waals surface area contributed by atoms with Crippen LogP contribution in [-0.4, -0.2) is 44.3 Å². The average Bonchev–Trinajstić information content (AvgIpc) is 2.70. The molecule has 0 heterocycles. The summed E-state index contributed by atoms with van der Waals surface area (Å²) in [7, 11) is -3.99. The van der Waals surface area contributed by atoms with Crippen molar-refractivity contribution in [3.63, 3.8) is 0 Å². The van der Waals surface area contributed by atoms with Gasteiger partial charge in [-0.3, -0.25) is 14.8 Å². The molecule has 0 aliphatic rings. The first-order chi connectivity index (χ1) is 14.6. The largest absolute Gasteiger partial charge is 0.480 e. The highest BCUT2D eigenvalue weighted by atomic mass is 32.2. The number of nitrogens with one attached hydrogen (secondary N) is 3. The van der Waals surface area contributed by atoms with Gasteiger partial charge in [0.1, 0.15) is 12.3 Å². The molecule has 0 saturated heterocycles. The zero-order valence-electron chi connectivity index (χ0n) is 16.6. The van der Waals surface area contributed by atoms with Crippen LogP contribution in [0.4, 0.5) is 11.4 Å². The topological polar surface area (TPSA) is 203 Å². The monoisotopic (exact) mass is 450 g/mol. The van der Waals surface area contributed by atoms with Crippen molar-refractivity contribution in [2.24, 2.45) is 11.5 Å². The zero-order chi connectivity index (χ0) is 23.0.